The number of rotatable bonds is 5. The van der Waals surface area contributed by atoms with Crippen molar-refractivity contribution in [3.8, 4) is 11.1 Å². The second-order valence-corrected chi connectivity index (χ2v) is 10.8. The molecule has 0 unspecified atom stereocenters. The number of thiazole rings is 1. The Labute approximate surface area is 214 Å². The van der Waals surface area contributed by atoms with E-state index in [0.717, 1.165) is 11.1 Å². The van der Waals surface area contributed by atoms with Crippen LogP contribution in [0.5, 0.6) is 0 Å². The predicted molar refractivity (Wildman–Crippen MR) is 134 cm³/mol. The molecule has 1 N–H and O–H groups in total. The van der Waals surface area contributed by atoms with Gasteiger partial charge in [-0.05, 0) is 51.3 Å². The first kappa shape index (κ1) is 25.1. The molecule has 0 bridgehead atoms. The van der Waals surface area contributed by atoms with Gasteiger partial charge >= 0.3 is 12.1 Å². The van der Waals surface area contributed by atoms with Crippen molar-refractivity contribution in [2.24, 2.45) is 5.41 Å². The van der Waals surface area contributed by atoms with Crippen LogP contribution < -0.4 is 4.90 Å². The molecule has 1 aromatic carbocycles. The van der Waals surface area contributed by atoms with Gasteiger partial charge in [0.1, 0.15) is 10.7 Å². The molecule has 1 fully saturated rings. The summed E-state index contributed by atoms with van der Waals surface area (Å²) in [7, 11) is 0. The van der Waals surface area contributed by atoms with Crippen LogP contribution in [-0.4, -0.2) is 48.7 Å². The number of aromatic nitrogens is 5. The highest BCUT2D eigenvalue weighted by atomic mass is 32.1. The number of carboxylic acids is 1. The predicted octanol–water partition coefficient (Wildman–Crippen LogP) is 5.32. The van der Waals surface area contributed by atoms with Crippen molar-refractivity contribution >= 4 is 34.3 Å². The SMILES string of the molecule is Cc1nc(Cn2c(C)nc3ccc(-c4cnc(N5CCC(C)(C(=O)O)CC5)nc4)cc32)c(C(F)(F)F)s1. The highest BCUT2D eigenvalue weighted by Crippen LogP contribution is 2.37. The number of hydrogen-bond donors (Lipinski definition) is 1. The third-order valence-electron chi connectivity index (χ3n) is 6.95. The summed E-state index contributed by atoms with van der Waals surface area (Å²) in [4.78, 5) is 30.4. The summed E-state index contributed by atoms with van der Waals surface area (Å²) in [6.45, 7) is 6.17. The molecule has 8 nitrogen and oxygen atoms in total. The third-order valence-corrected chi connectivity index (χ3v) is 8.00. The van der Waals surface area contributed by atoms with Crippen molar-refractivity contribution in [2.75, 3.05) is 18.0 Å². The molecule has 0 radical (unpaired) electrons. The molecular formula is C25H25F3N6O2S. The third kappa shape index (κ3) is 4.77. The largest absolute Gasteiger partial charge is 0.481 e. The molecule has 0 aliphatic carbocycles. The molecule has 0 atom stereocenters. The Morgan fingerprint density at radius 3 is 2.41 bits per heavy atom. The van der Waals surface area contributed by atoms with Crippen molar-refractivity contribution in [2.45, 2.75) is 46.3 Å². The molecule has 0 spiro atoms. The first-order valence-electron chi connectivity index (χ1n) is 11.8. The van der Waals surface area contributed by atoms with E-state index in [1.807, 2.05) is 23.1 Å². The lowest BCUT2D eigenvalue weighted by Crippen LogP contribution is -2.43. The number of carbonyl (C=O) groups is 1. The van der Waals surface area contributed by atoms with Crippen LogP contribution in [-0.2, 0) is 17.5 Å². The number of carboxylic acid groups (broad SMARTS) is 1. The Balaban J connectivity index is 1.41. The van der Waals surface area contributed by atoms with E-state index in [1.54, 1.807) is 37.7 Å². The number of halogens is 3. The normalized spacial score (nSPS) is 15.9. The number of piperidine rings is 1. The maximum absolute atomic E-state index is 13.5. The van der Waals surface area contributed by atoms with Crippen LogP contribution in [0.3, 0.4) is 0 Å². The lowest BCUT2D eigenvalue weighted by atomic mass is 9.80. The number of imidazole rings is 1. The summed E-state index contributed by atoms with van der Waals surface area (Å²) in [5.41, 5.74) is 2.18. The number of hydrogen-bond acceptors (Lipinski definition) is 7. The van der Waals surface area contributed by atoms with Crippen molar-refractivity contribution in [3.63, 3.8) is 0 Å². The number of nitrogens with zero attached hydrogens (tertiary/aromatic N) is 6. The maximum Gasteiger partial charge on any atom is 0.427 e. The van der Waals surface area contributed by atoms with Gasteiger partial charge in [0.15, 0.2) is 0 Å². The molecule has 194 valence electrons. The van der Waals surface area contributed by atoms with Crippen LogP contribution in [0.15, 0.2) is 30.6 Å². The second kappa shape index (κ2) is 9.09. The summed E-state index contributed by atoms with van der Waals surface area (Å²) < 4.78 is 42.3. The van der Waals surface area contributed by atoms with E-state index in [9.17, 15) is 23.1 Å². The molecule has 5 rings (SSSR count). The van der Waals surface area contributed by atoms with Crippen molar-refractivity contribution < 1.29 is 23.1 Å². The zero-order chi connectivity index (χ0) is 26.5. The Morgan fingerprint density at radius 1 is 1.11 bits per heavy atom. The lowest BCUT2D eigenvalue weighted by molar-refractivity contribution is -0.149. The van der Waals surface area contributed by atoms with Gasteiger partial charge in [-0.25, -0.2) is 19.9 Å². The monoisotopic (exact) mass is 530 g/mol. The van der Waals surface area contributed by atoms with E-state index in [-0.39, 0.29) is 12.2 Å². The second-order valence-electron chi connectivity index (χ2n) is 9.58. The fourth-order valence-corrected chi connectivity index (χ4v) is 5.41. The van der Waals surface area contributed by atoms with Crippen LogP contribution in [0.1, 0.15) is 41.2 Å². The summed E-state index contributed by atoms with van der Waals surface area (Å²) >= 11 is 0.649. The first-order chi connectivity index (χ1) is 17.4. The van der Waals surface area contributed by atoms with Gasteiger partial charge in [0, 0.05) is 31.0 Å². The maximum atomic E-state index is 13.5. The molecule has 0 amide bonds. The van der Waals surface area contributed by atoms with Crippen LogP contribution in [0.25, 0.3) is 22.2 Å². The van der Waals surface area contributed by atoms with E-state index in [0.29, 0.717) is 65.1 Å². The zero-order valence-electron chi connectivity index (χ0n) is 20.5. The van der Waals surface area contributed by atoms with Crippen LogP contribution in [0.2, 0.25) is 0 Å². The topological polar surface area (TPSA) is 97.0 Å². The Bertz CT molecular complexity index is 1470. The average molecular weight is 531 g/mol. The van der Waals surface area contributed by atoms with E-state index >= 15 is 0 Å². The Kier molecular flexibility index (Phi) is 6.17. The van der Waals surface area contributed by atoms with Gasteiger partial charge in [-0.15, -0.1) is 11.3 Å². The summed E-state index contributed by atoms with van der Waals surface area (Å²) in [6.07, 6.45) is -0.0261. The van der Waals surface area contributed by atoms with Gasteiger partial charge in [-0.2, -0.15) is 13.2 Å². The minimum atomic E-state index is -4.46. The average Bonchev–Trinajstić information content (AvgIpc) is 3.38. The van der Waals surface area contributed by atoms with Crippen LogP contribution in [0, 0.1) is 19.3 Å². The standard InChI is InChI=1S/C25H25F3N6O2S/c1-14-31-18-5-4-16(10-20(18)34(14)13-19-21(25(26,27)28)37-15(2)32-19)17-11-29-23(30-12-17)33-8-6-24(3,7-9-33)22(35)36/h4-5,10-12H,6-9,13H2,1-3H3,(H,35,36). The van der Waals surface area contributed by atoms with E-state index in [1.165, 1.54) is 0 Å². The number of aryl methyl sites for hydroxylation is 2. The fraction of sp³-hybridized carbons (Fsp3) is 0.400. The van der Waals surface area contributed by atoms with Gasteiger partial charge in [-0.1, -0.05) is 6.07 Å². The van der Waals surface area contributed by atoms with Crippen molar-refractivity contribution in [1.82, 2.24) is 24.5 Å². The minimum absolute atomic E-state index is 0.0176. The molecule has 37 heavy (non-hydrogen) atoms. The number of fused-ring (bicyclic) bond motifs is 1. The van der Waals surface area contributed by atoms with E-state index in [2.05, 4.69) is 19.9 Å². The molecule has 4 heterocycles. The number of benzene rings is 1. The van der Waals surface area contributed by atoms with Gasteiger partial charge in [0.2, 0.25) is 5.95 Å². The summed E-state index contributed by atoms with van der Waals surface area (Å²) in [5.74, 6) is 0.348. The van der Waals surface area contributed by atoms with Crippen molar-refractivity contribution in [3.05, 3.63) is 52.0 Å². The van der Waals surface area contributed by atoms with Gasteiger partial charge in [0.25, 0.3) is 0 Å². The van der Waals surface area contributed by atoms with Crippen LogP contribution in [0.4, 0.5) is 19.1 Å². The molecule has 1 aliphatic heterocycles. The molecule has 4 aromatic rings. The fourth-order valence-electron chi connectivity index (χ4n) is 4.62. The summed E-state index contributed by atoms with van der Waals surface area (Å²) in [5, 5.41) is 9.80. The van der Waals surface area contributed by atoms with E-state index < -0.39 is 22.4 Å². The van der Waals surface area contributed by atoms with Crippen molar-refractivity contribution in [1.29, 1.82) is 0 Å². The Morgan fingerprint density at radius 2 is 1.78 bits per heavy atom. The molecule has 3 aromatic heterocycles. The molecule has 12 heteroatoms. The van der Waals surface area contributed by atoms with Gasteiger partial charge in [0.05, 0.1) is 33.7 Å². The molecule has 1 aliphatic rings. The quantitative estimate of drug-likeness (QED) is 0.373. The molecule has 1 saturated heterocycles. The Hall–Kier alpha value is -3.54. The van der Waals surface area contributed by atoms with E-state index in [4.69, 9.17) is 0 Å². The summed E-state index contributed by atoms with van der Waals surface area (Å²) in [6, 6.07) is 5.58. The molecule has 0 saturated carbocycles. The number of aliphatic carboxylic acids is 1. The molecular weight excluding hydrogens is 505 g/mol. The zero-order valence-corrected chi connectivity index (χ0v) is 21.3. The highest BCUT2D eigenvalue weighted by Gasteiger charge is 2.38. The van der Waals surface area contributed by atoms with Crippen LogP contribution >= 0.6 is 11.3 Å². The van der Waals surface area contributed by atoms with Gasteiger partial charge in [-0.3, -0.25) is 4.79 Å². The lowest BCUT2D eigenvalue weighted by Gasteiger charge is -2.36. The number of anilines is 1. The van der Waals surface area contributed by atoms with Gasteiger partial charge < -0.3 is 14.6 Å². The smallest absolute Gasteiger partial charge is 0.427 e. The number of alkyl halides is 3. The highest BCUT2D eigenvalue weighted by molar-refractivity contribution is 7.11. The minimum Gasteiger partial charge on any atom is -0.481 e. The first-order valence-corrected chi connectivity index (χ1v) is 12.6.